The molecule has 0 radical (unpaired) electrons. The van der Waals surface area contributed by atoms with Crippen LogP contribution >= 0.6 is 0 Å². The van der Waals surface area contributed by atoms with E-state index < -0.39 is 18.0 Å². The largest absolute Gasteiger partial charge is 0.391 e. The molecule has 0 bridgehead atoms. The van der Waals surface area contributed by atoms with Crippen LogP contribution in [0.25, 0.3) is 10.9 Å². The number of primary amides is 1. The molecule has 3 N–H and O–H groups in total. The van der Waals surface area contributed by atoms with E-state index in [1.54, 1.807) is 6.20 Å². The Morgan fingerprint density at radius 3 is 2.45 bits per heavy atom. The molecule has 1 amide bonds. The number of fused-ring (bicyclic) bond motifs is 1. The summed E-state index contributed by atoms with van der Waals surface area (Å²) in [6.07, 6.45) is -2.12. The maximum Gasteiger partial charge on any atom is 0.391 e. The number of aryl methyl sites for hydroxylation is 2. The van der Waals surface area contributed by atoms with Gasteiger partial charge in [-0.25, -0.2) is 0 Å². The van der Waals surface area contributed by atoms with Gasteiger partial charge in [0.1, 0.15) is 0 Å². The van der Waals surface area contributed by atoms with Crippen LogP contribution in [0.3, 0.4) is 0 Å². The molecular weight excluding hydrogens is 405 g/mol. The fourth-order valence-electron chi connectivity index (χ4n) is 4.26. The van der Waals surface area contributed by atoms with Gasteiger partial charge < -0.3 is 20.5 Å². The van der Waals surface area contributed by atoms with Crippen LogP contribution in [0.15, 0.2) is 42.6 Å². The molecule has 0 aliphatic carbocycles. The zero-order valence-electron chi connectivity index (χ0n) is 17.5. The average Bonchev–Trinajstić information content (AvgIpc) is 3.05. The summed E-state index contributed by atoms with van der Waals surface area (Å²) in [5.41, 5.74) is 10.5. The van der Waals surface area contributed by atoms with Crippen LogP contribution in [0.2, 0.25) is 0 Å². The monoisotopic (exact) mass is 430 g/mol. The summed E-state index contributed by atoms with van der Waals surface area (Å²) >= 11 is 0. The summed E-state index contributed by atoms with van der Waals surface area (Å²) in [7, 11) is 1.86. The Morgan fingerprint density at radius 1 is 1.13 bits per heavy atom. The Hall–Kier alpha value is -3.16. The Kier molecular flexibility index (Phi) is 5.33. The van der Waals surface area contributed by atoms with Crippen LogP contribution in [0.5, 0.6) is 0 Å². The highest BCUT2D eigenvalue weighted by molar-refractivity contribution is 6.06. The molecule has 0 spiro atoms. The van der Waals surface area contributed by atoms with Crippen molar-refractivity contribution in [2.45, 2.75) is 25.9 Å². The third kappa shape index (κ3) is 4.19. The fourth-order valence-corrected chi connectivity index (χ4v) is 4.26. The number of hydrogen-bond acceptors (Lipinski definition) is 3. The Morgan fingerprint density at radius 2 is 1.84 bits per heavy atom. The Bertz CT molecular complexity index is 1130. The van der Waals surface area contributed by atoms with E-state index in [0.717, 1.165) is 33.5 Å². The first-order chi connectivity index (χ1) is 14.6. The van der Waals surface area contributed by atoms with Crippen molar-refractivity contribution in [3.05, 3.63) is 53.7 Å². The summed E-state index contributed by atoms with van der Waals surface area (Å²) in [6.45, 7) is 2.78. The normalized spacial score (nSPS) is 15.5. The summed E-state index contributed by atoms with van der Waals surface area (Å²) in [5, 5.41) is 4.19. The lowest BCUT2D eigenvalue weighted by Crippen LogP contribution is -2.39. The molecule has 164 valence electrons. The van der Waals surface area contributed by atoms with E-state index in [-0.39, 0.29) is 12.8 Å². The van der Waals surface area contributed by atoms with Crippen molar-refractivity contribution in [1.82, 2.24) is 4.57 Å². The molecule has 4 rings (SSSR count). The summed E-state index contributed by atoms with van der Waals surface area (Å²) in [4.78, 5) is 13.6. The highest BCUT2D eigenvalue weighted by Crippen LogP contribution is 2.36. The number of piperidine rings is 1. The molecule has 0 saturated carbocycles. The Labute approximate surface area is 178 Å². The topological polar surface area (TPSA) is 63.3 Å². The molecule has 1 fully saturated rings. The second-order valence-electron chi connectivity index (χ2n) is 8.18. The number of anilines is 3. The number of rotatable bonds is 4. The first kappa shape index (κ1) is 21.1. The average molecular weight is 430 g/mol. The molecule has 1 aliphatic rings. The van der Waals surface area contributed by atoms with Crippen molar-refractivity contribution in [2.24, 2.45) is 18.7 Å². The van der Waals surface area contributed by atoms with E-state index in [1.165, 1.54) is 0 Å². The number of halogens is 3. The fraction of sp³-hybridized carbons (Fsp3) is 0.348. The number of aromatic nitrogens is 1. The molecule has 1 aromatic heterocycles. The number of hydrogen-bond donors (Lipinski definition) is 2. The Balaban J connectivity index is 1.50. The zero-order chi connectivity index (χ0) is 22.3. The van der Waals surface area contributed by atoms with Crippen molar-refractivity contribution in [3.63, 3.8) is 0 Å². The van der Waals surface area contributed by atoms with Crippen LogP contribution in [-0.2, 0) is 7.05 Å². The maximum absolute atomic E-state index is 12.9. The van der Waals surface area contributed by atoms with E-state index in [9.17, 15) is 18.0 Å². The number of carbonyl (C=O) groups is 1. The number of carbonyl (C=O) groups excluding carboxylic acids is 1. The molecule has 0 atom stereocenters. The smallest absolute Gasteiger partial charge is 0.371 e. The van der Waals surface area contributed by atoms with Gasteiger partial charge in [0.15, 0.2) is 0 Å². The standard InChI is InChI=1S/C23H25F3N4O/c1-14-11-17(30-9-7-15(8-10-30)23(24,25)26)4-6-20(14)28-16-3-5-18-19(22(27)31)13-29(2)21(18)12-16/h3-6,11-13,15,28H,7-10H2,1-2H3,(H2,27,31). The molecule has 0 unspecified atom stereocenters. The summed E-state index contributed by atoms with van der Waals surface area (Å²) in [6, 6.07) is 11.6. The van der Waals surface area contributed by atoms with Gasteiger partial charge in [0, 0.05) is 48.8 Å². The molecule has 2 aromatic carbocycles. The molecular formula is C23H25F3N4O. The van der Waals surface area contributed by atoms with Crippen LogP contribution in [0.4, 0.5) is 30.2 Å². The number of nitrogens with zero attached hydrogens (tertiary/aromatic N) is 2. The third-order valence-corrected chi connectivity index (χ3v) is 6.07. The van der Waals surface area contributed by atoms with Gasteiger partial charge >= 0.3 is 6.18 Å². The third-order valence-electron chi connectivity index (χ3n) is 6.07. The van der Waals surface area contributed by atoms with Crippen LogP contribution in [-0.4, -0.2) is 29.7 Å². The van der Waals surface area contributed by atoms with Gasteiger partial charge in [-0.2, -0.15) is 13.2 Å². The van der Waals surface area contributed by atoms with Crippen LogP contribution in [0.1, 0.15) is 28.8 Å². The zero-order valence-corrected chi connectivity index (χ0v) is 17.5. The van der Waals surface area contributed by atoms with Crippen molar-refractivity contribution in [2.75, 3.05) is 23.3 Å². The second kappa shape index (κ2) is 7.83. The van der Waals surface area contributed by atoms with Gasteiger partial charge in [0.05, 0.1) is 17.0 Å². The van der Waals surface area contributed by atoms with Gasteiger partial charge in [-0.1, -0.05) is 0 Å². The second-order valence-corrected chi connectivity index (χ2v) is 8.18. The number of nitrogens with one attached hydrogen (secondary N) is 1. The number of benzene rings is 2. The van der Waals surface area contributed by atoms with Crippen molar-refractivity contribution in [1.29, 1.82) is 0 Å². The lowest BCUT2D eigenvalue weighted by atomic mass is 9.96. The number of amides is 1. The predicted octanol–water partition coefficient (Wildman–Crippen LogP) is 5.11. The van der Waals surface area contributed by atoms with E-state index >= 15 is 0 Å². The van der Waals surface area contributed by atoms with E-state index in [4.69, 9.17) is 5.73 Å². The molecule has 5 nitrogen and oxygen atoms in total. The van der Waals surface area contributed by atoms with Gasteiger partial charge in [-0.3, -0.25) is 4.79 Å². The lowest BCUT2D eigenvalue weighted by molar-refractivity contribution is -0.179. The van der Waals surface area contributed by atoms with Gasteiger partial charge in [-0.15, -0.1) is 0 Å². The van der Waals surface area contributed by atoms with Gasteiger partial charge in [0.25, 0.3) is 5.91 Å². The molecule has 31 heavy (non-hydrogen) atoms. The van der Waals surface area contributed by atoms with Crippen LogP contribution < -0.4 is 16.0 Å². The van der Waals surface area contributed by atoms with E-state index in [0.29, 0.717) is 18.7 Å². The van der Waals surface area contributed by atoms with Crippen LogP contribution in [0, 0.1) is 12.8 Å². The lowest BCUT2D eigenvalue weighted by Gasteiger charge is -2.34. The maximum atomic E-state index is 12.9. The minimum absolute atomic E-state index is 0.131. The minimum Gasteiger partial charge on any atom is -0.371 e. The SMILES string of the molecule is Cc1cc(N2CCC(C(F)(F)F)CC2)ccc1Nc1ccc2c(C(N)=O)cn(C)c2c1. The van der Waals surface area contributed by atoms with Crippen molar-refractivity contribution >= 4 is 33.9 Å². The van der Waals surface area contributed by atoms with Crippen molar-refractivity contribution < 1.29 is 18.0 Å². The molecule has 2 heterocycles. The summed E-state index contributed by atoms with van der Waals surface area (Å²) in [5.74, 6) is -1.66. The number of nitrogens with two attached hydrogens (primary N) is 1. The highest BCUT2D eigenvalue weighted by atomic mass is 19.4. The number of alkyl halides is 3. The first-order valence-corrected chi connectivity index (χ1v) is 10.2. The quantitative estimate of drug-likeness (QED) is 0.605. The minimum atomic E-state index is -4.10. The van der Waals surface area contributed by atoms with Gasteiger partial charge in [0.2, 0.25) is 0 Å². The summed E-state index contributed by atoms with van der Waals surface area (Å²) < 4.78 is 40.6. The van der Waals surface area contributed by atoms with Gasteiger partial charge in [-0.05, 0) is 61.7 Å². The molecule has 1 saturated heterocycles. The van der Waals surface area contributed by atoms with Crippen molar-refractivity contribution in [3.8, 4) is 0 Å². The molecule has 1 aliphatic heterocycles. The molecule has 8 heteroatoms. The predicted molar refractivity (Wildman–Crippen MR) is 117 cm³/mol. The van der Waals surface area contributed by atoms with E-state index in [2.05, 4.69) is 5.32 Å². The highest BCUT2D eigenvalue weighted by Gasteiger charge is 2.41. The van der Waals surface area contributed by atoms with E-state index in [1.807, 2.05) is 59.8 Å². The molecule has 3 aromatic rings. The first-order valence-electron chi connectivity index (χ1n) is 10.2.